The molecule has 5 heteroatoms. The van der Waals surface area contributed by atoms with Crippen LogP contribution in [0.1, 0.15) is 37.7 Å². The van der Waals surface area contributed by atoms with Crippen molar-refractivity contribution in [2.75, 3.05) is 6.61 Å². The molecule has 2 atom stereocenters. The molecule has 0 radical (unpaired) electrons. The molecule has 0 spiro atoms. The Kier molecular flexibility index (Phi) is 5.75. The lowest BCUT2D eigenvalue weighted by Gasteiger charge is -2.17. The summed E-state index contributed by atoms with van der Waals surface area (Å²) in [5, 5.41) is 14.9. The van der Waals surface area contributed by atoms with Gasteiger partial charge >= 0.3 is 6.03 Å². The van der Waals surface area contributed by atoms with Gasteiger partial charge in [0.05, 0.1) is 6.10 Å². The van der Waals surface area contributed by atoms with Crippen LogP contribution in [-0.4, -0.2) is 29.9 Å². The minimum Gasteiger partial charge on any atom is -0.490 e. The molecule has 1 fully saturated rings. The summed E-state index contributed by atoms with van der Waals surface area (Å²) in [5.41, 5.74) is 0.995. The zero-order valence-corrected chi connectivity index (χ0v) is 13.9. The molecule has 0 unspecified atom stereocenters. The van der Waals surface area contributed by atoms with Gasteiger partial charge in [-0.05, 0) is 38.2 Å². The van der Waals surface area contributed by atoms with Crippen LogP contribution in [0.25, 0.3) is 0 Å². The second-order valence-corrected chi connectivity index (χ2v) is 6.63. The second-order valence-electron chi connectivity index (χ2n) is 6.63. The molecule has 1 aromatic rings. The van der Waals surface area contributed by atoms with Gasteiger partial charge in [0, 0.05) is 30.7 Å². The summed E-state index contributed by atoms with van der Waals surface area (Å²) in [7, 11) is 0. The summed E-state index contributed by atoms with van der Waals surface area (Å²) in [4.78, 5) is 12.1. The second kappa shape index (κ2) is 8.20. The molecule has 2 amide bonds. The Labute approximate surface area is 143 Å². The monoisotopic (exact) mass is 330 g/mol. The van der Waals surface area contributed by atoms with E-state index in [4.69, 9.17) is 9.84 Å². The van der Waals surface area contributed by atoms with Gasteiger partial charge in [0.1, 0.15) is 5.75 Å². The van der Waals surface area contributed by atoms with Crippen LogP contribution in [0.5, 0.6) is 5.75 Å². The molecule has 5 nitrogen and oxygen atoms in total. The van der Waals surface area contributed by atoms with Gasteiger partial charge in [-0.15, -0.1) is 0 Å². The molecule has 2 aliphatic rings. The van der Waals surface area contributed by atoms with Crippen LogP contribution < -0.4 is 15.4 Å². The maximum Gasteiger partial charge on any atom is 0.315 e. The predicted molar refractivity (Wildman–Crippen MR) is 92.8 cm³/mol. The van der Waals surface area contributed by atoms with Crippen LogP contribution >= 0.6 is 0 Å². The van der Waals surface area contributed by atoms with Gasteiger partial charge in [-0.1, -0.05) is 30.4 Å². The first-order valence-electron chi connectivity index (χ1n) is 8.82. The summed E-state index contributed by atoms with van der Waals surface area (Å²) in [6.45, 7) is 0.566. The Hall–Kier alpha value is -2.01. The number of hydrogen-bond donors (Lipinski definition) is 3. The van der Waals surface area contributed by atoms with Gasteiger partial charge < -0.3 is 20.5 Å². The number of rotatable bonds is 6. The van der Waals surface area contributed by atoms with Crippen molar-refractivity contribution in [2.45, 2.75) is 50.8 Å². The number of para-hydroxylation sites is 1. The highest BCUT2D eigenvalue weighted by atomic mass is 16.5. The molecule has 24 heavy (non-hydrogen) atoms. The van der Waals surface area contributed by atoms with Crippen molar-refractivity contribution < 1.29 is 14.6 Å². The standard InChI is InChI=1S/C19H26N2O3/c22-13-14-9-10-16(11-14)21-19(23)20-12-15-5-1-4-8-18(15)24-17-6-2-3-7-17/h1,4-5,8-10,14,16-17,22H,2-3,6-7,11-13H2,(H2,20,21,23)/t14-,16+/m0/s1. The van der Waals surface area contributed by atoms with Gasteiger partial charge in [0.15, 0.2) is 0 Å². The Bertz CT molecular complexity index is 582. The third-order valence-corrected chi connectivity index (χ3v) is 4.73. The molecule has 2 aliphatic carbocycles. The van der Waals surface area contributed by atoms with Crippen LogP contribution in [0, 0.1) is 5.92 Å². The van der Waals surface area contributed by atoms with E-state index in [0.29, 0.717) is 12.6 Å². The molecule has 0 saturated heterocycles. The zero-order chi connectivity index (χ0) is 16.8. The molecule has 1 aromatic carbocycles. The summed E-state index contributed by atoms with van der Waals surface area (Å²) in [6.07, 6.45) is 9.65. The molecular weight excluding hydrogens is 304 g/mol. The van der Waals surface area contributed by atoms with Gasteiger partial charge in [-0.25, -0.2) is 4.79 Å². The maximum absolute atomic E-state index is 12.1. The molecule has 1 saturated carbocycles. The Morgan fingerprint density at radius 1 is 1.21 bits per heavy atom. The molecule has 3 rings (SSSR count). The molecule has 0 bridgehead atoms. The molecule has 3 N–H and O–H groups in total. The zero-order valence-electron chi connectivity index (χ0n) is 13.9. The van der Waals surface area contributed by atoms with E-state index in [9.17, 15) is 4.79 Å². The normalized spacial score (nSPS) is 23.4. The van der Waals surface area contributed by atoms with Gasteiger partial charge in [-0.2, -0.15) is 0 Å². The van der Waals surface area contributed by atoms with Crippen molar-refractivity contribution >= 4 is 6.03 Å². The van der Waals surface area contributed by atoms with E-state index in [1.165, 1.54) is 12.8 Å². The van der Waals surface area contributed by atoms with E-state index in [2.05, 4.69) is 10.6 Å². The SMILES string of the molecule is O=C(NCc1ccccc1OC1CCCC1)N[C@@H]1C=C[C@H](CO)C1. The number of nitrogens with one attached hydrogen (secondary N) is 2. The van der Waals surface area contributed by atoms with Crippen LogP contribution in [0.2, 0.25) is 0 Å². The minimum atomic E-state index is -0.195. The number of aliphatic hydroxyl groups is 1. The Balaban J connectivity index is 1.49. The fraction of sp³-hybridized carbons (Fsp3) is 0.526. The number of carbonyl (C=O) groups excluding carboxylic acids is 1. The van der Waals surface area contributed by atoms with E-state index < -0.39 is 0 Å². The molecule has 0 aliphatic heterocycles. The third-order valence-electron chi connectivity index (χ3n) is 4.73. The van der Waals surface area contributed by atoms with Gasteiger partial charge in [0.25, 0.3) is 0 Å². The van der Waals surface area contributed by atoms with Crippen molar-refractivity contribution in [3.8, 4) is 5.75 Å². The highest BCUT2D eigenvalue weighted by Gasteiger charge is 2.20. The van der Waals surface area contributed by atoms with Crippen molar-refractivity contribution in [3.63, 3.8) is 0 Å². The number of amides is 2. The van der Waals surface area contributed by atoms with Crippen LogP contribution in [-0.2, 0) is 6.54 Å². The Morgan fingerprint density at radius 3 is 2.75 bits per heavy atom. The van der Waals surface area contributed by atoms with Gasteiger partial charge in [-0.3, -0.25) is 0 Å². The minimum absolute atomic E-state index is 0.00728. The van der Waals surface area contributed by atoms with E-state index in [1.54, 1.807) is 0 Å². The van der Waals surface area contributed by atoms with Crippen molar-refractivity contribution in [3.05, 3.63) is 42.0 Å². The number of benzene rings is 1. The summed E-state index contributed by atoms with van der Waals surface area (Å²) >= 11 is 0. The first kappa shape index (κ1) is 16.8. The van der Waals surface area contributed by atoms with E-state index in [-0.39, 0.29) is 24.6 Å². The van der Waals surface area contributed by atoms with Crippen LogP contribution in [0.4, 0.5) is 4.79 Å². The van der Waals surface area contributed by atoms with Crippen LogP contribution in [0.3, 0.4) is 0 Å². The lowest BCUT2D eigenvalue weighted by molar-refractivity contribution is 0.207. The van der Waals surface area contributed by atoms with E-state index >= 15 is 0 Å². The Morgan fingerprint density at radius 2 is 2.00 bits per heavy atom. The van der Waals surface area contributed by atoms with E-state index in [1.807, 2.05) is 36.4 Å². The smallest absolute Gasteiger partial charge is 0.315 e. The first-order valence-corrected chi connectivity index (χ1v) is 8.82. The lowest BCUT2D eigenvalue weighted by atomic mass is 10.1. The predicted octanol–water partition coefficient (Wildman–Crippen LogP) is 2.74. The average molecular weight is 330 g/mol. The molecule has 0 aromatic heterocycles. The number of hydrogen-bond acceptors (Lipinski definition) is 3. The molecule has 130 valence electrons. The van der Waals surface area contributed by atoms with Crippen molar-refractivity contribution in [1.82, 2.24) is 10.6 Å². The topological polar surface area (TPSA) is 70.6 Å². The average Bonchev–Trinajstić information content (AvgIpc) is 3.26. The summed E-state index contributed by atoms with van der Waals surface area (Å²) in [5.74, 6) is 1.02. The van der Waals surface area contributed by atoms with E-state index in [0.717, 1.165) is 30.6 Å². The first-order chi connectivity index (χ1) is 11.7. The fourth-order valence-electron chi connectivity index (χ4n) is 3.36. The number of ether oxygens (including phenoxy) is 1. The van der Waals surface area contributed by atoms with Gasteiger partial charge in [0.2, 0.25) is 0 Å². The quantitative estimate of drug-likeness (QED) is 0.702. The molecule has 0 heterocycles. The summed E-state index contributed by atoms with van der Waals surface area (Å²) in [6, 6.07) is 7.68. The fourth-order valence-corrected chi connectivity index (χ4v) is 3.36. The third kappa shape index (κ3) is 4.51. The van der Waals surface area contributed by atoms with Crippen molar-refractivity contribution in [2.24, 2.45) is 5.92 Å². The molecular formula is C19H26N2O3. The lowest BCUT2D eigenvalue weighted by Crippen LogP contribution is -2.40. The highest BCUT2D eigenvalue weighted by molar-refractivity contribution is 5.74. The maximum atomic E-state index is 12.1. The number of carbonyl (C=O) groups is 1. The summed E-state index contributed by atoms with van der Waals surface area (Å²) < 4.78 is 6.09. The largest absolute Gasteiger partial charge is 0.490 e. The highest BCUT2D eigenvalue weighted by Crippen LogP contribution is 2.26. The number of urea groups is 1. The van der Waals surface area contributed by atoms with Crippen molar-refractivity contribution in [1.29, 1.82) is 0 Å². The van der Waals surface area contributed by atoms with Crippen LogP contribution in [0.15, 0.2) is 36.4 Å². The number of aliphatic hydroxyl groups excluding tert-OH is 1.